The summed E-state index contributed by atoms with van der Waals surface area (Å²) in [7, 11) is 0. The number of aromatic nitrogens is 2. The number of halogens is 2. The third kappa shape index (κ3) is 3.01. The molecular weight excluding hydrogens is 272 g/mol. The molecule has 1 N–H and O–H groups in total. The molecule has 21 heavy (non-hydrogen) atoms. The smallest absolute Gasteiger partial charge is 0.168 e. The lowest BCUT2D eigenvalue weighted by atomic mass is 10.0. The van der Waals surface area contributed by atoms with Gasteiger partial charge in [0, 0.05) is 17.7 Å². The van der Waals surface area contributed by atoms with Crippen molar-refractivity contribution in [1.29, 1.82) is 0 Å². The third-order valence-electron chi connectivity index (χ3n) is 3.33. The highest BCUT2D eigenvalue weighted by atomic mass is 19.2. The van der Waals surface area contributed by atoms with Crippen molar-refractivity contribution in [1.82, 2.24) is 9.97 Å². The molecule has 1 aromatic carbocycles. The SMILES string of the molecule is CCCNc1nc(C)nc(-c2ccc(C)c(F)c2F)c1C. The quantitative estimate of drug-likeness (QED) is 0.918. The van der Waals surface area contributed by atoms with E-state index in [9.17, 15) is 8.78 Å². The summed E-state index contributed by atoms with van der Waals surface area (Å²) < 4.78 is 28.0. The Morgan fingerprint density at radius 3 is 2.43 bits per heavy atom. The first-order valence-corrected chi connectivity index (χ1v) is 6.99. The standard InChI is InChI=1S/C16H19F2N3/c1-5-8-19-16-10(3)15(20-11(4)21-16)12-7-6-9(2)13(17)14(12)18/h6-7H,5,8H2,1-4H3,(H,19,20,21). The normalized spacial score (nSPS) is 10.8. The average molecular weight is 291 g/mol. The van der Waals surface area contributed by atoms with Gasteiger partial charge in [-0.25, -0.2) is 18.7 Å². The second kappa shape index (κ2) is 6.16. The van der Waals surface area contributed by atoms with Gasteiger partial charge in [-0.3, -0.25) is 0 Å². The molecule has 3 nitrogen and oxygen atoms in total. The lowest BCUT2D eigenvalue weighted by Gasteiger charge is -2.14. The molecule has 0 saturated carbocycles. The van der Waals surface area contributed by atoms with Crippen molar-refractivity contribution in [3.8, 4) is 11.3 Å². The molecule has 0 radical (unpaired) electrons. The van der Waals surface area contributed by atoms with E-state index in [1.54, 1.807) is 19.1 Å². The second-order valence-electron chi connectivity index (χ2n) is 5.08. The summed E-state index contributed by atoms with van der Waals surface area (Å²) in [5, 5.41) is 3.19. The molecule has 0 aliphatic heterocycles. The highest BCUT2D eigenvalue weighted by molar-refractivity contribution is 5.69. The van der Waals surface area contributed by atoms with E-state index in [2.05, 4.69) is 15.3 Å². The van der Waals surface area contributed by atoms with Crippen LogP contribution >= 0.6 is 0 Å². The maximum Gasteiger partial charge on any atom is 0.168 e. The van der Waals surface area contributed by atoms with Crippen molar-refractivity contribution in [3.05, 3.63) is 40.7 Å². The van der Waals surface area contributed by atoms with Crippen molar-refractivity contribution in [2.45, 2.75) is 34.1 Å². The van der Waals surface area contributed by atoms with Crippen molar-refractivity contribution in [2.24, 2.45) is 0 Å². The van der Waals surface area contributed by atoms with E-state index in [1.165, 1.54) is 6.92 Å². The van der Waals surface area contributed by atoms with Crippen molar-refractivity contribution >= 4 is 5.82 Å². The molecule has 0 aliphatic carbocycles. The van der Waals surface area contributed by atoms with Crippen molar-refractivity contribution < 1.29 is 8.78 Å². The molecule has 1 aromatic heterocycles. The second-order valence-corrected chi connectivity index (χ2v) is 5.08. The monoisotopic (exact) mass is 291 g/mol. The van der Waals surface area contributed by atoms with Gasteiger partial charge in [0.05, 0.1) is 5.69 Å². The molecular formula is C16H19F2N3. The van der Waals surface area contributed by atoms with Crippen LogP contribution in [0.5, 0.6) is 0 Å². The van der Waals surface area contributed by atoms with Gasteiger partial charge >= 0.3 is 0 Å². The van der Waals surface area contributed by atoms with Crippen LogP contribution < -0.4 is 5.32 Å². The van der Waals surface area contributed by atoms with Gasteiger partial charge in [0.25, 0.3) is 0 Å². The van der Waals surface area contributed by atoms with Gasteiger partial charge < -0.3 is 5.32 Å². The predicted molar refractivity (Wildman–Crippen MR) is 80.4 cm³/mol. The van der Waals surface area contributed by atoms with Crippen LogP contribution in [0.1, 0.15) is 30.3 Å². The van der Waals surface area contributed by atoms with E-state index in [0.717, 1.165) is 18.5 Å². The Labute approximate surface area is 123 Å². The largest absolute Gasteiger partial charge is 0.370 e. The Morgan fingerprint density at radius 2 is 1.76 bits per heavy atom. The van der Waals surface area contributed by atoms with Crippen LogP contribution in [0, 0.1) is 32.4 Å². The van der Waals surface area contributed by atoms with Crippen LogP contribution in [0.25, 0.3) is 11.3 Å². The molecule has 112 valence electrons. The first-order chi connectivity index (χ1) is 9.95. The molecule has 0 saturated heterocycles. The van der Waals surface area contributed by atoms with Crippen molar-refractivity contribution in [3.63, 3.8) is 0 Å². The Hall–Kier alpha value is -2.04. The van der Waals surface area contributed by atoms with Crippen LogP contribution in [0.2, 0.25) is 0 Å². The van der Waals surface area contributed by atoms with Crippen molar-refractivity contribution in [2.75, 3.05) is 11.9 Å². The predicted octanol–water partition coefficient (Wildman–Crippen LogP) is 4.17. The molecule has 0 aliphatic rings. The molecule has 2 rings (SSSR count). The minimum atomic E-state index is -0.863. The fourth-order valence-corrected chi connectivity index (χ4v) is 2.14. The van der Waals surface area contributed by atoms with Gasteiger partial charge in [0.2, 0.25) is 0 Å². The molecule has 0 amide bonds. The summed E-state index contributed by atoms with van der Waals surface area (Å²) >= 11 is 0. The van der Waals surface area contributed by atoms with E-state index in [1.807, 2.05) is 13.8 Å². The van der Waals surface area contributed by atoms with Gasteiger partial charge in [-0.2, -0.15) is 0 Å². The van der Waals surface area contributed by atoms with Crippen LogP contribution in [-0.4, -0.2) is 16.5 Å². The summed E-state index contributed by atoms with van der Waals surface area (Å²) in [6, 6.07) is 3.12. The number of hydrogen-bond acceptors (Lipinski definition) is 3. The first-order valence-electron chi connectivity index (χ1n) is 6.99. The molecule has 0 bridgehead atoms. The van der Waals surface area contributed by atoms with Gasteiger partial charge in [0.15, 0.2) is 11.6 Å². The van der Waals surface area contributed by atoms with E-state index in [4.69, 9.17) is 0 Å². The molecule has 2 aromatic rings. The molecule has 0 atom stereocenters. The minimum Gasteiger partial charge on any atom is -0.370 e. The van der Waals surface area contributed by atoms with Crippen LogP contribution in [0.15, 0.2) is 12.1 Å². The number of nitrogens with one attached hydrogen (secondary N) is 1. The lowest BCUT2D eigenvalue weighted by Crippen LogP contribution is -2.08. The van der Waals surface area contributed by atoms with Gasteiger partial charge in [-0.05, 0) is 38.8 Å². The Kier molecular flexibility index (Phi) is 4.50. The van der Waals surface area contributed by atoms with Crippen LogP contribution in [0.3, 0.4) is 0 Å². The zero-order chi connectivity index (χ0) is 15.6. The summed E-state index contributed by atoms with van der Waals surface area (Å²) in [4.78, 5) is 8.61. The maximum absolute atomic E-state index is 14.2. The summed E-state index contributed by atoms with van der Waals surface area (Å²) in [6.07, 6.45) is 0.950. The Balaban J connectivity index is 2.59. The number of benzene rings is 1. The van der Waals surface area contributed by atoms with E-state index >= 15 is 0 Å². The number of anilines is 1. The molecule has 5 heteroatoms. The van der Waals surface area contributed by atoms with E-state index in [-0.39, 0.29) is 11.1 Å². The summed E-state index contributed by atoms with van der Waals surface area (Å²) in [5.74, 6) is -0.502. The van der Waals surface area contributed by atoms with Gasteiger partial charge in [0.1, 0.15) is 11.6 Å². The molecule has 0 fully saturated rings. The highest BCUT2D eigenvalue weighted by Gasteiger charge is 2.18. The number of rotatable bonds is 4. The summed E-state index contributed by atoms with van der Waals surface area (Å²) in [5.41, 5.74) is 1.60. The number of aryl methyl sites for hydroxylation is 2. The Morgan fingerprint density at radius 1 is 1.05 bits per heavy atom. The summed E-state index contributed by atoms with van der Waals surface area (Å²) in [6.45, 7) is 7.90. The average Bonchev–Trinajstić information content (AvgIpc) is 2.46. The first kappa shape index (κ1) is 15.4. The molecule has 1 heterocycles. The highest BCUT2D eigenvalue weighted by Crippen LogP contribution is 2.30. The van der Waals surface area contributed by atoms with E-state index < -0.39 is 11.6 Å². The number of hydrogen-bond donors (Lipinski definition) is 1. The lowest BCUT2D eigenvalue weighted by molar-refractivity contribution is 0.505. The fraction of sp³-hybridized carbons (Fsp3) is 0.375. The topological polar surface area (TPSA) is 37.8 Å². The van der Waals surface area contributed by atoms with Gasteiger partial charge in [-0.15, -0.1) is 0 Å². The van der Waals surface area contributed by atoms with E-state index in [0.29, 0.717) is 17.3 Å². The zero-order valence-electron chi connectivity index (χ0n) is 12.7. The van der Waals surface area contributed by atoms with Crippen LogP contribution in [-0.2, 0) is 0 Å². The van der Waals surface area contributed by atoms with Gasteiger partial charge in [-0.1, -0.05) is 13.0 Å². The minimum absolute atomic E-state index is 0.167. The maximum atomic E-state index is 14.2. The third-order valence-corrected chi connectivity index (χ3v) is 3.33. The fourth-order valence-electron chi connectivity index (χ4n) is 2.14. The Bertz CT molecular complexity index is 669. The zero-order valence-corrected chi connectivity index (χ0v) is 12.7. The van der Waals surface area contributed by atoms with Crippen LogP contribution in [0.4, 0.5) is 14.6 Å². The number of nitrogens with zero attached hydrogens (tertiary/aromatic N) is 2. The molecule has 0 spiro atoms. The molecule has 0 unspecified atom stereocenters.